The van der Waals surface area contributed by atoms with Gasteiger partial charge in [-0.15, -0.1) is 0 Å². The van der Waals surface area contributed by atoms with Crippen LogP contribution < -0.4 is 26.1 Å². The van der Waals surface area contributed by atoms with Gasteiger partial charge in [-0.2, -0.15) is 4.98 Å². The van der Waals surface area contributed by atoms with Crippen LogP contribution in [-0.2, 0) is 11.4 Å². The number of carbonyl (C=O) groups excluding carboxylic acids is 1. The lowest BCUT2D eigenvalue weighted by Crippen LogP contribution is -2.31. The summed E-state index contributed by atoms with van der Waals surface area (Å²) < 4.78 is 11.5. The molecule has 0 radical (unpaired) electrons. The molecule has 154 valence electrons. The zero-order chi connectivity index (χ0) is 21.3. The van der Waals surface area contributed by atoms with Crippen molar-refractivity contribution in [1.29, 1.82) is 0 Å². The minimum atomic E-state index is -0.468. The topological polar surface area (TPSA) is 119 Å². The van der Waals surface area contributed by atoms with Crippen molar-refractivity contribution in [3.63, 3.8) is 0 Å². The molecule has 2 aromatic carbocycles. The molecule has 1 aromatic heterocycles. The number of nitrogens with one attached hydrogen (secondary N) is 2. The van der Waals surface area contributed by atoms with Crippen molar-refractivity contribution < 1.29 is 14.3 Å². The monoisotopic (exact) mass is 406 g/mol. The zero-order valence-corrected chi connectivity index (χ0v) is 16.7. The average Bonchev–Trinajstić information content (AvgIpc) is 2.72. The number of aromatic amines is 1. The van der Waals surface area contributed by atoms with Crippen LogP contribution in [0.5, 0.6) is 11.5 Å². The molecule has 0 saturated heterocycles. The molecule has 0 aliphatic carbocycles. The number of benzene rings is 2. The molecule has 4 rings (SSSR count). The van der Waals surface area contributed by atoms with Crippen LogP contribution in [0, 0.1) is 6.92 Å². The Morgan fingerprint density at radius 2 is 1.97 bits per heavy atom. The number of nitrogen functional groups attached to an aromatic ring is 1. The number of fused-ring (bicyclic) bond motifs is 1. The highest BCUT2D eigenvalue weighted by molar-refractivity contribution is 5.94. The Hall–Kier alpha value is -3.81. The third-order valence-corrected chi connectivity index (χ3v) is 5.20. The molecule has 0 unspecified atom stereocenters. The van der Waals surface area contributed by atoms with Gasteiger partial charge in [-0.25, -0.2) is 0 Å². The summed E-state index contributed by atoms with van der Waals surface area (Å²) in [6.45, 7) is 2.43. The first kappa shape index (κ1) is 19.5. The Kier molecular flexibility index (Phi) is 5.14. The molecule has 3 aromatic rings. The van der Waals surface area contributed by atoms with Crippen LogP contribution in [0.15, 0.2) is 47.3 Å². The molecule has 30 heavy (non-hydrogen) atoms. The highest BCUT2D eigenvalue weighted by Crippen LogP contribution is 2.38. The van der Waals surface area contributed by atoms with Crippen LogP contribution in [0.4, 0.5) is 11.8 Å². The van der Waals surface area contributed by atoms with Gasteiger partial charge in [-0.1, -0.05) is 30.3 Å². The Labute approximate surface area is 173 Å². The number of nitrogens with two attached hydrogens (primary N) is 1. The summed E-state index contributed by atoms with van der Waals surface area (Å²) in [7, 11) is 1.55. The zero-order valence-electron chi connectivity index (χ0n) is 16.7. The lowest BCUT2D eigenvalue weighted by Gasteiger charge is -2.25. The predicted octanol–water partition coefficient (Wildman–Crippen LogP) is 2.72. The van der Waals surface area contributed by atoms with Crippen LogP contribution >= 0.6 is 0 Å². The quantitative estimate of drug-likeness (QED) is 0.599. The molecule has 4 N–H and O–H groups in total. The number of amides is 1. The van der Waals surface area contributed by atoms with Crippen molar-refractivity contribution in [1.82, 2.24) is 9.97 Å². The van der Waals surface area contributed by atoms with Gasteiger partial charge in [0.15, 0.2) is 11.5 Å². The number of aryl methyl sites for hydroxylation is 1. The smallest absolute Gasteiger partial charge is 0.258 e. The molecule has 0 bridgehead atoms. The summed E-state index contributed by atoms with van der Waals surface area (Å²) in [6.07, 6.45) is 0.119. The van der Waals surface area contributed by atoms with Crippen molar-refractivity contribution >= 4 is 17.7 Å². The molecule has 0 saturated carbocycles. The summed E-state index contributed by atoms with van der Waals surface area (Å²) in [6, 6.07) is 13.4. The van der Waals surface area contributed by atoms with E-state index in [-0.39, 0.29) is 29.7 Å². The second-order valence-corrected chi connectivity index (χ2v) is 7.14. The molecule has 8 nitrogen and oxygen atoms in total. The minimum absolute atomic E-state index is 0.0442. The normalized spacial score (nSPS) is 15.3. The van der Waals surface area contributed by atoms with Gasteiger partial charge in [0.05, 0.1) is 12.7 Å². The number of H-pyrrole nitrogens is 1. The van der Waals surface area contributed by atoms with E-state index in [2.05, 4.69) is 15.3 Å². The molecule has 1 amide bonds. The lowest BCUT2D eigenvalue weighted by atomic mass is 9.86. The van der Waals surface area contributed by atoms with Crippen molar-refractivity contribution in [3.8, 4) is 11.5 Å². The molecular formula is C22H22N4O4. The van der Waals surface area contributed by atoms with E-state index >= 15 is 0 Å². The third-order valence-electron chi connectivity index (χ3n) is 5.20. The Morgan fingerprint density at radius 1 is 1.17 bits per heavy atom. The number of nitrogens with zero attached hydrogens (tertiary/aromatic N) is 1. The maximum absolute atomic E-state index is 12.5. The second kappa shape index (κ2) is 7.90. The largest absolute Gasteiger partial charge is 0.493 e. The lowest BCUT2D eigenvalue weighted by molar-refractivity contribution is -0.116. The predicted molar refractivity (Wildman–Crippen MR) is 113 cm³/mol. The first-order valence-electron chi connectivity index (χ1n) is 9.51. The SMILES string of the molecule is COc1cc([C@H]2CC(=O)Nc3nc(N)[nH]c(=O)c32)ccc1OCc1ccccc1C. The summed E-state index contributed by atoms with van der Waals surface area (Å²) >= 11 is 0. The van der Waals surface area contributed by atoms with Crippen molar-refractivity contribution in [2.24, 2.45) is 0 Å². The number of anilines is 2. The standard InChI is InChI=1S/C22H22N4O4/c1-12-5-3-4-6-14(12)11-30-16-8-7-13(9-17(16)29-2)15-10-18(27)24-20-19(15)21(28)26-22(23)25-20/h3-9,15H,10-11H2,1-2H3,(H4,23,24,25,26,27,28)/t15-/m1/s1. The highest BCUT2D eigenvalue weighted by Gasteiger charge is 2.31. The number of hydrogen-bond donors (Lipinski definition) is 3. The van der Waals surface area contributed by atoms with Gasteiger partial charge in [-0.05, 0) is 35.7 Å². The van der Waals surface area contributed by atoms with E-state index in [1.165, 1.54) is 0 Å². The van der Waals surface area contributed by atoms with Crippen LogP contribution in [-0.4, -0.2) is 23.0 Å². The van der Waals surface area contributed by atoms with E-state index in [4.69, 9.17) is 15.2 Å². The van der Waals surface area contributed by atoms with E-state index in [1.54, 1.807) is 19.2 Å². The van der Waals surface area contributed by atoms with Crippen LogP contribution in [0.1, 0.15) is 34.6 Å². The Balaban J connectivity index is 1.66. The van der Waals surface area contributed by atoms with Crippen LogP contribution in [0.3, 0.4) is 0 Å². The van der Waals surface area contributed by atoms with E-state index in [0.29, 0.717) is 23.7 Å². The van der Waals surface area contributed by atoms with Crippen LogP contribution in [0.2, 0.25) is 0 Å². The molecule has 8 heteroatoms. The van der Waals surface area contributed by atoms with Gasteiger partial charge in [0.25, 0.3) is 5.56 Å². The maximum atomic E-state index is 12.5. The molecule has 1 atom stereocenters. The number of carbonyl (C=O) groups is 1. The molecule has 1 aliphatic rings. The number of hydrogen-bond acceptors (Lipinski definition) is 6. The van der Waals surface area contributed by atoms with Crippen LogP contribution in [0.25, 0.3) is 0 Å². The second-order valence-electron chi connectivity index (χ2n) is 7.14. The van der Waals surface area contributed by atoms with Gasteiger partial charge in [0, 0.05) is 12.3 Å². The number of rotatable bonds is 5. The van der Waals surface area contributed by atoms with Gasteiger partial charge in [0.2, 0.25) is 11.9 Å². The Morgan fingerprint density at radius 3 is 2.73 bits per heavy atom. The third kappa shape index (κ3) is 3.71. The number of ether oxygens (including phenoxy) is 2. The van der Waals surface area contributed by atoms with Crippen molar-refractivity contribution in [2.75, 3.05) is 18.2 Å². The fourth-order valence-corrected chi connectivity index (χ4v) is 3.62. The van der Waals surface area contributed by atoms with E-state index in [9.17, 15) is 9.59 Å². The number of methoxy groups -OCH3 is 1. The average molecular weight is 406 g/mol. The molecule has 2 heterocycles. The van der Waals surface area contributed by atoms with E-state index in [0.717, 1.165) is 16.7 Å². The molecule has 0 spiro atoms. The van der Waals surface area contributed by atoms with Crippen molar-refractivity contribution in [2.45, 2.75) is 25.9 Å². The minimum Gasteiger partial charge on any atom is -0.493 e. The van der Waals surface area contributed by atoms with Gasteiger partial charge >= 0.3 is 0 Å². The summed E-state index contributed by atoms with van der Waals surface area (Å²) in [4.78, 5) is 31.3. The van der Waals surface area contributed by atoms with Gasteiger partial charge in [0.1, 0.15) is 12.4 Å². The summed E-state index contributed by atoms with van der Waals surface area (Å²) in [5.41, 5.74) is 8.59. The van der Waals surface area contributed by atoms with Crippen molar-refractivity contribution in [3.05, 3.63) is 75.1 Å². The van der Waals surface area contributed by atoms with Gasteiger partial charge in [-0.3, -0.25) is 14.6 Å². The first-order valence-corrected chi connectivity index (χ1v) is 9.51. The molecular weight excluding hydrogens is 384 g/mol. The fourth-order valence-electron chi connectivity index (χ4n) is 3.62. The van der Waals surface area contributed by atoms with E-state index < -0.39 is 5.92 Å². The summed E-state index contributed by atoms with van der Waals surface area (Å²) in [5.74, 6) is 0.546. The van der Waals surface area contributed by atoms with Gasteiger partial charge < -0.3 is 20.5 Å². The number of aromatic nitrogens is 2. The van der Waals surface area contributed by atoms with E-state index in [1.807, 2.05) is 37.3 Å². The first-order chi connectivity index (χ1) is 14.5. The Bertz CT molecular complexity index is 1170. The fraction of sp³-hybridized carbons (Fsp3) is 0.227. The molecule has 1 aliphatic heterocycles. The maximum Gasteiger partial charge on any atom is 0.258 e. The highest BCUT2D eigenvalue weighted by atomic mass is 16.5. The molecule has 0 fully saturated rings. The summed E-state index contributed by atoms with van der Waals surface area (Å²) in [5, 5.41) is 2.62.